The van der Waals surface area contributed by atoms with Crippen molar-refractivity contribution in [1.29, 1.82) is 0 Å². The molecule has 0 bridgehead atoms. The van der Waals surface area contributed by atoms with Crippen molar-refractivity contribution >= 4 is 39.9 Å². The van der Waals surface area contributed by atoms with Gasteiger partial charge in [0, 0.05) is 25.9 Å². The second-order valence-corrected chi connectivity index (χ2v) is 8.89. The Labute approximate surface area is 182 Å². The molecule has 2 aromatic rings. The first-order valence-electron chi connectivity index (χ1n) is 9.95. The fraction of sp³-hybridized carbons (Fsp3) is 0.375. The molecule has 0 saturated heterocycles. The lowest BCUT2D eigenvalue weighted by molar-refractivity contribution is -0.310. The highest BCUT2D eigenvalue weighted by atomic mass is 35.5. The van der Waals surface area contributed by atoms with Crippen molar-refractivity contribution in [2.75, 3.05) is 14.1 Å². The van der Waals surface area contributed by atoms with Crippen LogP contribution in [0.5, 0.6) is 0 Å². The third kappa shape index (κ3) is 4.17. The molecule has 3 atom stereocenters. The minimum atomic E-state index is -1.21. The zero-order valence-corrected chi connectivity index (χ0v) is 18.5. The molecule has 0 aliphatic heterocycles. The summed E-state index contributed by atoms with van der Waals surface area (Å²) in [7, 11) is 3.66. The highest BCUT2D eigenvalue weighted by Gasteiger charge is 2.46. The number of aliphatic carboxylic acids is 1. The SMILES string of the molecule is CCCCC(c1cccc2ccccc12)C1(Cl)C=C(Cl)C(N(C)C)=CC1C(=O)[O-]. The standard InChI is InChI=1S/C24H27Cl2NO2/c1-4-5-13-19(18-12-8-10-16-9-6-7-11-17(16)18)24(26)15-21(25)22(27(2)3)14-20(24)23(28)29/h6-12,14-15,19-20H,4-5,13H2,1-3H3,(H,28,29)/p-1. The van der Waals surface area contributed by atoms with Crippen LogP contribution in [0.25, 0.3) is 10.8 Å². The number of benzene rings is 2. The minimum absolute atomic E-state index is 0.230. The Morgan fingerprint density at radius 2 is 1.90 bits per heavy atom. The number of hydrogen-bond donors (Lipinski definition) is 0. The molecule has 154 valence electrons. The zero-order chi connectivity index (χ0) is 21.2. The number of likely N-dealkylation sites (N-methyl/N-ethyl adjacent to an activating group) is 1. The maximum Gasteiger partial charge on any atom is 0.0827 e. The van der Waals surface area contributed by atoms with E-state index in [2.05, 4.69) is 25.1 Å². The van der Waals surface area contributed by atoms with Crippen molar-refractivity contribution in [3.8, 4) is 0 Å². The molecule has 0 aromatic heterocycles. The van der Waals surface area contributed by atoms with Crippen molar-refractivity contribution < 1.29 is 9.90 Å². The van der Waals surface area contributed by atoms with Gasteiger partial charge in [0.1, 0.15) is 0 Å². The molecule has 0 amide bonds. The van der Waals surface area contributed by atoms with Crippen LogP contribution in [0.3, 0.4) is 0 Å². The molecule has 3 unspecified atom stereocenters. The first-order chi connectivity index (χ1) is 13.8. The molecule has 29 heavy (non-hydrogen) atoms. The van der Waals surface area contributed by atoms with Gasteiger partial charge in [-0.25, -0.2) is 0 Å². The smallest absolute Gasteiger partial charge is 0.0827 e. The van der Waals surface area contributed by atoms with Gasteiger partial charge in [0.2, 0.25) is 0 Å². The normalized spacial score (nSPS) is 22.7. The summed E-state index contributed by atoms with van der Waals surface area (Å²) in [6.07, 6.45) is 6.02. The van der Waals surface area contributed by atoms with Crippen molar-refractivity contribution in [1.82, 2.24) is 4.90 Å². The van der Waals surface area contributed by atoms with Gasteiger partial charge in [-0.15, -0.1) is 11.6 Å². The summed E-state index contributed by atoms with van der Waals surface area (Å²) in [6, 6.07) is 14.2. The third-order valence-electron chi connectivity index (χ3n) is 5.71. The molecule has 1 aliphatic rings. The Hall–Kier alpha value is -1.97. The lowest BCUT2D eigenvalue weighted by Gasteiger charge is -2.43. The lowest BCUT2D eigenvalue weighted by atomic mass is 9.71. The summed E-state index contributed by atoms with van der Waals surface area (Å²) in [5.41, 5.74) is 1.68. The number of fused-ring (bicyclic) bond motifs is 1. The average molecular weight is 431 g/mol. The fourth-order valence-corrected chi connectivity index (χ4v) is 5.19. The Kier molecular flexibility index (Phi) is 6.60. The molecule has 2 aromatic carbocycles. The number of allylic oxidation sites excluding steroid dienone is 2. The van der Waals surface area contributed by atoms with Crippen LogP contribution in [0.15, 0.2) is 65.3 Å². The van der Waals surface area contributed by atoms with Gasteiger partial charge >= 0.3 is 0 Å². The van der Waals surface area contributed by atoms with E-state index < -0.39 is 16.8 Å². The van der Waals surface area contributed by atoms with Crippen LogP contribution in [0.2, 0.25) is 0 Å². The van der Waals surface area contributed by atoms with Crippen LogP contribution >= 0.6 is 23.2 Å². The molecule has 0 saturated carbocycles. The van der Waals surface area contributed by atoms with E-state index in [0.717, 1.165) is 35.6 Å². The van der Waals surface area contributed by atoms with Crippen LogP contribution < -0.4 is 5.11 Å². The van der Waals surface area contributed by atoms with Crippen LogP contribution in [0.1, 0.15) is 37.7 Å². The molecule has 0 N–H and O–H groups in total. The molecule has 3 rings (SSSR count). The quantitative estimate of drug-likeness (QED) is 0.577. The van der Waals surface area contributed by atoms with Crippen molar-refractivity contribution in [2.24, 2.45) is 5.92 Å². The molecule has 5 heteroatoms. The Balaban J connectivity index is 2.20. The number of hydrogen-bond acceptors (Lipinski definition) is 3. The molecule has 3 nitrogen and oxygen atoms in total. The first-order valence-corrected chi connectivity index (χ1v) is 10.7. The monoisotopic (exact) mass is 430 g/mol. The van der Waals surface area contributed by atoms with E-state index in [1.54, 1.807) is 17.1 Å². The number of carboxylic acid groups (broad SMARTS) is 1. The number of alkyl halides is 1. The zero-order valence-electron chi connectivity index (χ0n) is 17.0. The van der Waals surface area contributed by atoms with Crippen LogP contribution in [0, 0.1) is 5.92 Å². The molecule has 0 radical (unpaired) electrons. The summed E-state index contributed by atoms with van der Waals surface area (Å²) < 4.78 is 0. The Morgan fingerprint density at radius 1 is 1.21 bits per heavy atom. The van der Waals surface area contributed by atoms with Gasteiger partial charge in [-0.3, -0.25) is 0 Å². The summed E-state index contributed by atoms with van der Waals surface area (Å²) in [4.78, 5) is 12.8. The Morgan fingerprint density at radius 3 is 2.55 bits per heavy atom. The highest BCUT2D eigenvalue weighted by Crippen LogP contribution is 2.50. The number of halogens is 2. The average Bonchev–Trinajstić information content (AvgIpc) is 2.67. The summed E-state index contributed by atoms with van der Waals surface area (Å²) >= 11 is 13.8. The molecular weight excluding hydrogens is 405 g/mol. The number of carboxylic acids is 1. The van der Waals surface area contributed by atoms with Gasteiger partial charge in [-0.2, -0.15) is 0 Å². The highest BCUT2D eigenvalue weighted by molar-refractivity contribution is 6.34. The minimum Gasteiger partial charge on any atom is -0.549 e. The molecular formula is C24H26Cl2NO2-. The molecule has 0 heterocycles. The third-order valence-corrected chi connectivity index (χ3v) is 6.62. The van der Waals surface area contributed by atoms with Crippen molar-refractivity contribution in [3.05, 3.63) is 70.9 Å². The van der Waals surface area contributed by atoms with Crippen LogP contribution in [-0.4, -0.2) is 29.8 Å². The summed E-state index contributed by atoms with van der Waals surface area (Å²) in [5, 5.41) is 14.8. The van der Waals surface area contributed by atoms with E-state index in [-0.39, 0.29) is 5.92 Å². The number of unbranched alkanes of at least 4 members (excludes halogenated alkanes) is 1. The van der Waals surface area contributed by atoms with Gasteiger partial charge in [-0.1, -0.05) is 73.8 Å². The number of rotatable bonds is 7. The second kappa shape index (κ2) is 8.81. The summed E-state index contributed by atoms with van der Waals surface area (Å²) in [5.74, 6) is -2.42. The van der Waals surface area contributed by atoms with E-state index in [0.29, 0.717) is 10.7 Å². The largest absolute Gasteiger partial charge is 0.549 e. The second-order valence-electron chi connectivity index (χ2n) is 7.83. The van der Waals surface area contributed by atoms with Gasteiger partial charge in [0.15, 0.2) is 0 Å². The topological polar surface area (TPSA) is 43.4 Å². The van der Waals surface area contributed by atoms with Gasteiger partial charge < -0.3 is 14.8 Å². The Bertz CT molecular complexity index is 961. The van der Waals surface area contributed by atoms with E-state index in [1.165, 1.54) is 0 Å². The predicted octanol–water partition coefficient (Wildman–Crippen LogP) is 5.04. The molecule has 1 aliphatic carbocycles. The van der Waals surface area contributed by atoms with Gasteiger partial charge in [-0.05, 0) is 34.9 Å². The van der Waals surface area contributed by atoms with Crippen molar-refractivity contribution in [2.45, 2.75) is 37.0 Å². The van der Waals surface area contributed by atoms with Crippen molar-refractivity contribution in [3.63, 3.8) is 0 Å². The number of nitrogens with zero attached hydrogens (tertiary/aromatic N) is 1. The van der Waals surface area contributed by atoms with Gasteiger partial charge in [0.05, 0.1) is 21.6 Å². The number of carbonyl (C=O) groups excluding carboxylic acids is 1. The van der Waals surface area contributed by atoms with Crippen LogP contribution in [0.4, 0.5) is 0 Å². The predicted molar refractivity (Wildman–Crippen MR) is 119 cm³/mol. The summed E-state index contributed by atoms with van der Waals surface area (Å²) in [6.45, 7) is 2.12. The van der Waals surface area contributed by atoms with E-state index in [9.17, 15) is 9.90 Å². The van der Waals surface area contributed by atoms with Crippen LogP contribution in [-0.2, 0) is 4.79 Å². The van der Waals surface area contributed by atoms with Gasteiger partial charge in [0.25, 0.3) is 0 Å². The van der Waals surface area contributed by atoms with E-state index in [1.807, 2.05) is 38.4 Å². The van der Waals surface area contributed by atoms with E-state index >= 15 is 0 Å². The fourth-order valence-electron chi connectivity index (χ4n) is 4.23. The molecule has 0 fully saturated rings. The van der Waals surface area contributed by atoms with E-state index in [4.69, 9.17) is 23.2 Å². The first kappa shape index (κ1) is 21.7. The number of carbonyl (C=O) groups is 1. The maximum atomic E-state index is 12.2. The lowest BCUT2D eigenvalue weighted by Crippen LogP contribution is -2.48. The molecule has 0 spiro atoms. The maximum absolute atomic E-state index is 12.2.